The smallest absolute Gasteiger partial charge is 0.336 e. The average molecular weight is 463 g/mol. The Hall–Kier alpha value is -0.740. The van der Waals surface area contributed by atoms with Crippen LogP contribution in [0.25, 0.3) is 0 Å². The van der Waals surface area contributed by atoms with E-state index in [0.29, 0.717) is 26.1 Å². The fourth-order valence-corrected chi connectivity index (χ4v) is 4.31. The van der Waals surface area contributed by atoms with Gasteiger partial charge in [-0.3, -0.25) is 0 Å². The minimum Gasteiger partial charge on any atom is -0.462 e. The van der Waals surface area contributed by atoms with Crippen LogP contribution in [-0.4, -0.2) is 35.9 Å². The van der Waals surface area contributed by atoms with Crippen molar-refractivity contribution in [2.45, 2.75) is 114 Å². The summed E-state index contributed by atoms with van der Waals surface area (Å²) in [5, 5.41) is -1.12. The van der Waals surface area contributed by atoms with Gasteiger partial charge in [0.2, 0.25) is 0 Å². The highest BCUT2D eigenvalue weighted by atomic mass is 35.5. The van der Waals surface area contributed by atoms with Gasteiger partial charge in [0.1, 0.15) is 0 Å². The Labute approximate surface area is 193 Å². The quantitative estimate of drug-likeness (QED) is 0.139. The van der Waals surface area contributed by atoms with Gasteiger partial charge in [0.05, 0.1) is 35.1 Å². The van der Waals surface area contributed by atoms with Crippen molar-refractivity contribution in [2.75, 3.05) is 13.2 Å². The van der Waals surface area contributed by atoms with Crippen LogP contribution in [0.15, 0.2) is 11.1 Å². The van der Waals surface area contributed by atoms with Crippen molar-refractivity contribution in [1.29, 1.82) is 0 Å². The van der Waals surface area contributed by atoms with Crippen LogP contribution in [0.3, 0.4) is 0 Å². The molecule has 0 aliphatic heterocycles. The molecule has 6 heteroatoms. The highest BCUT2D eigenvalue weighted by molar-refractivity contribution is 6.30. The SMILES string of the molecule is CCCCCCCCOC(=O)C1=C(C(=O)OCCCCCCCC)C(Cl)CCC1Cl. The minimum absolute atomic E-state index is 0.196. The van der Waals surface area contributed by atoms with Crippen LogP contribution in [0.5, 0.6) is 0 Å². The fraction of sp³-hybridized carbons (Fsp3) is 0.833. The normalized spacial score (nSPS) is 19.1. The summed E-state index contributed by atoms with van der Waals surface area (Å²) < 4.78 is 10.8. The number of rotatable bonds is 16. The topological polar surface area (TPSA) is 52.6 Å². The van der Waals surface area contributed by atoms with Gasteiger partial charge in [0.25, 0.3) is 0 Å². The van der Waals surface area contributed by atoms with Crippen molar-refractivity contribution in [1.82, 2.24) is 0 Å². The molecular weight excluding hydrogens is 423 g/mol. The molecule has 0 aromatic rings. The van der Waals surface area contributed by atoms with Crippen LogP contribution in [0.4, 0.5) is 0 Å². The second-order valence-corrected chi connectivity index (χ2v) is 9.20. The Morgan fingerprint density at radius 2 is 1.00 bits per heavy atom. The number of ether oxygens (including phenoxy) is 2. The summed E-state index contributed by atoms with van der Waals surface area (Å²) in [6.07, 6.45) is 14.4. The zero-order valence-electron chi connectivity index (χ0n) is 18.9. The van der Waals surface area contributed by atoms with Crippen LogP contribution in [-0.2, 0) is 19.1 Å². The molecule has 0 saturated heterocycles. The maximum absolute atomic E-state index is 12.6. The van der Waals surface area contributed by atoms with Crippen molar-refractivity contribution in [3.8, 4) is 0 Å². The molecule has 0 bridgehead atoms. The molecule has 174 valence electrons. The number of carbonyl (C=O) groups excluding carboxylic acids is 2. The lowest BCUT2D eigenvalue weighted by atomic mass is 9.90. The standard InChI is InChI=1S/C24H40Cl2O4/c1-3-5-7-9-11-13-17-29-23(27)21-19(25)15-16-20(26)22(21)24(28)30-18-14-12-10-8-6-4-2/h19-20H,3-18H2,1-2H3. The Kier molecular flexibility index (Phi) is 15.4. The predicted molar refractivity (Wildman–Crippen MR) is 124 cm³/mol. The second kappa shape index (κ2) is 16.9. The lowest BCUT2D eigenvalue weighted by Gasteiger charge is -2.26. The number of hydrogen-bond donors (Lipinski definition) is 0. The van der Waals surface area contributed by atoms with E-state index in [9.17, 15) is 9.59 Å². The lowest BCUT2D eigenvalue weighted by Crippen LogP contribution is -2.31. The molecule has 0 amide bonds. The Balaban J connectivity index is 2.54. The van der Waals surface area contributed by atoms with E-state index in [1.165, 1.54) is 38.5 Å². The number of alkyl halides is 2. The molecule has 0 aromatic heterocycles. The van der Waals surface area contributed by atoms with Crippen molar-refractivity contribution < 1.29 is 19.1 Å². The Morgan fingerprint density at radius 1 is 0.667 bits per heavy atom. The Morgan fingerprint density at radius 3 is 1.37 bits per heavy atom. The first-order valence-corrected chi connectivity index (χ1v) is 12.8. The molecule has 2 unspecified atom stereocenters. The number of hydrogen-bond acceptors (Lipinski definition) is 4. The number of carbonyl (C=O) groups is 2. The van der Waals surface area contributed by atoms with Gasteiger partial charge in [-0.25, -0.2) is 9.59 Å². The van der Waals surface area contributed by atoms with E-state index in [2.05, 4.69) is 13.8 Å². The van der Waals surface area contributed by atoms with Gasteiger partial charge in [-0.1, -0.05) is 78.1 Å². The number of esters is 2. The summed E-state index contributed by atoms with van der Waals surface area (Å²) in [6.45, 7) is 5.04. The summed E-state index contributed by atoms with van der Waals surface area (Å²) in [5.41, 5.74) is 0.392. The first kappa shape index (κ1) is 27.3. The monoisotopic (exact) mass is 462 g/mol. The van der Waals surface area contributed by atoms with Crippen LogP contribution < -0.4 is 0 Å². The van der Waals surface area contributed by atoms with Crippen molar-refractivity contribution in [3.63, 3.8) is 0 Å². The van der Waals surface area contributed by atoms with Gasteiger partial charge in [0, 0.05) is 0 Å². The molecule has 0 N–H and O–H groups in total. The molecular formula is C24H40Cl2O4. The van der Waals surface area contributed by atoms with Gasteiger partial charge >= 0.3 is 11.9 Å². The van der Waals surface area contributed by atoms with E-state index >= 15 is 0 Å². The summed E-state index contributed by atoms with van der Waals surface area (Å²) in [6, 6.07) is 0. The molecule has 0 radical (unpaired) electrons. The second-order valence-electron chi connectivity index (χ2n) is 8.15. The van der Waals surface area contributed by atoms with Crippen LogP contribution >= 0.6 is 23.2 Å². The molecule has 4 nitrogen and oxygen atoms in total. The van der Waals surface area contributed by atoms with Gasteiger partial charge < -0.3 is 9.47 Å². The van der Waals surface area contributed by atoms with Crippen molar-refractivity contribution in [3.05, 3.63) is 11.1 Å². The van der Waals surface area contributed by atoms with E-state index < -0.39 is 22.7 Å². The van der Waals surface area contributed by atoms with Crippen LogP contribution in [0.1, 0.15) is 104 Å². The van der Waals surface area contributed by atoms with E-state index in [-0.39, 0.29) is 11.1 Å². The Bertz CT molecular complexity index is 487. The number of unbranched alkanes of at least 4 members (excludes halogenated alkanes) is 10. The van der Waals surface area contributed by atoms with E-state index in [0.717, 1.165) is 38.5 Å². The first-order chi connectivity index (χ1) is 14.5. The zero-order chi connectivity index (χ0) is 22.2. The maximum atomic E-state index is 12.6. The molecule has 30 heavy (non-hydrogen) atoms. The lowest BCUT2D eigenvalue weighted by molar-refractivity contribution is -0.142. The molecule has 0 saturated carbocycles. The third-order valence-electron chi connectivity index (χ3n) is 5.49. The highest BCUT2D eigenvalue weighted by Gasteiger charge is 2.37. The van der Waals surface area contributed by atoms with Gasteiger partial charge in [-0.2, -0.15) is 0 Å². The third kappa shape index (κ3) is 10.5. The molecule has 0 spiro atoms. The molecule has 0 aromatic carbocycles. The molecule has 1 rings (SSSR count). The van der Waals surface area contributed by atoms with E-state index in [4.69, 9.17) is 32.7 Å². The third-order valence-corrected chi connectivity index (χ3v) is 6.36. The largest absolute Gasteiger partial charge is 0.462 e. The van der Waals surface area contributed by atoms with Gasteiger partial charge in [-0.15, -0.1) is 23.2 Å². The summed E-state index contributed by atoms with van der Waals surface area (Å²) in [7, 11) is 0. The van der Waals surface area contributed by atoms with Gasteiger partial charge in [0.15, 0.2) is 0 Å². The number of halogens is 2. The van der Waals surface area contributed by atoms with Crippen LogP contribution in [0.2, 0.25) is 0 Å². The summed E-state index contributed by atoms with van der Waals surface area (Å²) in [4.78, 5) is 25.3. The minimum atomic E-state index is -0.561. The van der Waals surface area contributed by atoms with E-state index in [1.54, 1.807) is 0 Å². The predicted octanol–water partition coefficient (Wildman–Crippen LogP) is 7.10. The summed E-state index contributed by atoms with van der Waals surface area (Å²) >= 11 is 12.8. The maximum Gasteiger partial charge on any atom is 0.336 e. The highest BCUT2D eigenvalue weighted by Crippen LogP contribution is 2.34. The molecule has 0 heterocycles. The van der Waals surface area contributed by atoms with Crippen LogP contribution in [0, 0.1) is 0 Å². The molecule has 1 aliphatic carbocycles. The first-order valence-electron chi connectivity index (χ1n) is 11.9. The fourth-order valence-electron chi connectivity index (χ4n) is 3.64. The average Bonchev–Trinajstić information content (AvgIpc) is 2.73. The van der Waals surface area contributed by atoms with Gasteiger partial charge in [-0.05, 0) is 25.7 Å². The zero-order valence-corrected chi connectivity index (χ0v) is 20.4. The van der Waals surface area contributed by atoms with Crippen molar-refractivity contribution >= 4 is 35.1 Å². The molecule has 1 aliphatic rings. The van der Waals surface area contributed by atoms with Crippen molar-refractivity contribution in [2.24, 2.45) is 0 Å². The molecule has 0 fully saturated rings. The summed E-state index contributed by atoms with van der Waals surface area (Å²) in [5.74, 6) is -1.05. The van der Waals surface area contributed by atoms with E-state index in [1.807, 2.05) is 0 Å². The molecule has 2 atom stereocenters.